The first-order valence-corrected chi connectivity index (χ1v) is 7.18. The SMILES string of the molecule is N#CN1C(c2ccccc2)CCC[C@@H]1c1ccccc1. The minimum atomic E-state index is 0.208. The second-order valence-electron chi connectivity index (χ2n) is 5.29. The zero-order valence-corrected chi connectivity index (χ0v) is 11.4. The Morgan fingerprint density at radius 1 is 0.800 bits per heavy atom. The fourth-order valence-corrected chi connectivity index (χ4v) is 3.14. The van der Waals surface area contributed by atoms with Gasteiger partial charge in [-0.1, -0.05) is 60.7 Å². The molecule has 0 saturated carbocycles. The minimum absolute atomic E-state index is 0.208. The summed E-state index contributed by atoms with van der Waals surface area (Å²) < 4.78 is 0. The highest BCUT2D eigenvalue weighted by molar-refractivity contribution is 5.25. The number of benzene rings is 2. The van der Waals surface area contributed by atoms with Crippen LogP contribution in [0.2, 0.25) is 0 Å². The Labute approximate surface area is 120 Å². The Morgan fingerprint density at radius 3 is 1.65 bits per heavy atom. The van der Waals surface area contributed by atoms with Gasteiger partial charge in [-0.25, -0.2) is 0 Å². The summed E-state index contributed by atoms with van der Waals surface area (Å²) in [4.78, 5) is 1.98. The molecule has 3 rings (SSSR count). The van der Waals surface area contributed by atoms with Crippen LogP contribution in [-0.2, 0) is 0 Å². The maximum Gasteiger partial charge on any atom is 0.180 e. The van der Waals surface area contributed by atoms with Crippen molar-refractivity contribution >= 4 is 0 Å². The summed E-state index contributed by atoms with van der Waals surface area (Å²) in [5.74, 6) is 0. The number of piperidine rings is 1. The van der Waals surface area contributed by atoms with Crippen LogP contribution in [0.1, 0.15) is 42.5 Å². The molecule has 0 aliphatic carbocycles. The second-order valence-corrected chi connectivity index (χ2v) is 5.29. The molecule has 2 atom stereocenters. The minimum Gasteiger partial charge on any atom is -0.296 e. The lowest BCUT2D eigenvalue weighted by Gasteiger charge is -2.39. The molecule has 2 nitrogen and oxygen atoms in total. The third-order valence-electron chi connectivity index (χ3n) is 4.11. The van der Waals surface area contributed by atoms with Crippen molar-refractivity contribution in [2.24, 2.45) is 0 Å². The summed E-state index contributed by atoms with van der Waals surface area (Å²) in [6.45, 7) is 0. The van der Waals surface area contributed by atoms with Gasteiger partial charge in [0, 0.05) is 0 Å². The van der Waals surface area contributed by atoms with Crippen LogP contribution in [-0.4, -0.2) is 4.90 Å². The molecule has 0 radical (unpaired) electrons. The number of likely N-dealkylation sites (tertiary alicyclic amines) is 1. The van der Waals surface area contributed by atoms with E-state index in [0.29, 0.717) is 0 Å². The van der Waals surface area contributed by atoms with Crippen LogP contribution in [0.15, 0.2) is 60.7 Å². The van der Waals surface area contributed by atoms with E-state index in [0.717, 1.165) is 19.3 Å². The summed E-state index contributed by atoms with van der Waals surface area (Å²) >= 11 is 0. The third kappa shape index (κ3) is 2.40. The largest absolute Gasteiger partial charge is 0.296 e. The van der Waals surface area contributed by atoms with Crippen molar-refractivity contribution < 1.29 is 0 Å². The molecule has 1 aliphatic rings. The first-order chi connectivity index (χ1) is 9.90. The van der Waals surface area contributed by atoms with E-state index in [-0.39, 0.29) is 12.1 Å². The van der Waals surface area contributed by atoms with Crippen LogP contribution in [0.5, 0.6) is 0 Å². The van der Waals surface area contributed by atoms with Gasteiger partial charge in [-0.3, -0.25) is 4.90 Å². The maximum absolute atomic E-state index is 9.63. The van der Waals surface area contributed by atoms with Crippen LogP contribution in [0.4, 0.5) is 0 Å². The number of nitrogens with zero attached hydrogens (tertiary/aromatic N) is 2. The first-order valence-electron chi connectivity index (χ1n) is 7.18. The summed E-state index contributed by atoms with van der Waals surface area (Å²) in [6.07, 6.45) is 5.71. The molecule has 20 heavy (non-hydrogen) atoms. The third-order valence-corrected chi connectivity index (χ3v) is 4.11. The van der Waals surface area contributed by atoms with Crippen molar-refractivity contribution in [1.82, 2.24) is 4.90 Å². The van der Waals surface area contributed by atoms with Crippen LogP contribution in [0.3, 0.4) is 0 Å². The topological polar surface area (TPSA) is 27.0 Å². The van der Waals surface area contributed by atoms with Crippen LogP contribution >= 0.6 is 0 Å². The number of hydrogen-bond donors (Lipinski definition) is 0. The predicted molar refractivity (Wildman–Crippen MR) is 79.7 cm³/mol. The molecular weight excluding hydrogens is 244 g/mol. The second kappa shape index (κ2) is 5.79. The summed E-state index contributed by atoms with van der Waals surface area (Å²) in [5, 5.41) is 9.63. The van der Waals surface area contributed by atoms with E-state index in [1.165, 1.54) is 11.1 Å². The average Bonchev–Trinajstić information content (AvgIpc) is 2.55. The number of nitriles is 1. The molecule has 1 fully saturated rings. The lowest BCUT2D eigenvalue weighted by atomic mass is 9.88. The monoisotopic (exact) mass is 262 g/mol. The summed E-state index contributed by atoms with van der Waals surface area (Å²) in [7, 11) is 0. The molecule has 1 aliphatic heterocycles. The zero-order valence-electron chi connectivity index (χ0n) is 11.4. The Balaban J connectivity index is 1.92. The van der Waals surface area contributed by atoms with E-state index < -0.39 is 0 Å². The quantitative estimate of drug-likeness (QED) is 0.748. The van der Waals surface area contributed by atoms with Crippen molar-refractivity contribution in [2.45, 2.75) is 31.3 Å². The maximum atomic E-state index is 9.63. The molecule has 0 bridgehead atoms. The average molecular weight is 262 g/mol. The van der Waals surface area contributed by atoms with E-state index in [2.05, 4.69) is 54.7 Å². The number of hydrogen-bond acceptors (Lipinski definition) is 2. The lowest BCUT2D eigenvalue weighted by Crippen LogP contribution is -2.32. The predicted octanol–water partition coefficient (Wildman–Crippen LogP) is 4.44. The lowest BCUT2D eigenvalue weighted by molar-refractivity contribution is 0.151. The zero-order chi connectivity index (χ0) is 13.8. The van der Waals surface area contributed by atoms with E-state index in [4.69, 9.17) is 0 Å². The van der Waals surface area contributed by atoms with Crippen LogP contribution in [0.25, 0.3) is 0 Å². The molecule has 0 spiro atoms. The molecule has 2 heteroatoms. The van der Waals surface area contributed by atoms with Gasteiger partial charge in [-0.15, -0.1) is 0 Å². The molecule has 2 aromatic carbocycles. The van der Waals surface area contributed by atoms with Gasteiger partial charge in [0.2, 0.25) is 0 Å². The van der Waals surface area contributed by atoms with E-state index in [9.17, 15) is 5.26 Å². The van der Waals surface area contributed by atoms with Crippen LogP contribution in [0, 0.1) is 11.5 Å². The van der Waals surface area contributed by atoms with E-state index in [1.807, 2.05) is 17.0 Å². The standard InChI is InChI=1S/C18H18N2/c19-14-20-17(15-8-3-1-4-9-15)12-7-13-18(20)16-10-5-2-6-11-16/h1-6,8-11,17-18H,7,12-13H2/t17-,18?/m1/s1. The number of rotatable bonds is 2. The van der Waals surface area contributed by atoms with E-state index >= 15 is 0 Å². The van der Waals surface area contributed by atoms with Gasteiger partial charge >= 0.3 is 0 Å². The molecular formula is C18H18N2. The smallest absolute Gasteiger partial charge is 0.180 e. The highest BCUT2D eigenvalue weighted by Gasteiger charge is 2.31. The van der Waals surface area contributed by atoms with Crippen molar-refractivity contribution in [1.29, 1.82) is 5.26 Å². The fourth-order valence-electron chi connectivity index (χ4n) is 3.14. The van der Waals surface area contributed by atoms with Gasteiger partial charge in [0.25, 0.3) is 0 Å². The molecule has 2 aromatic rings. The van der Waals surface area contributed by atoms with Gasteiger partial charge in [0.15, 0.2) is 6.19 Å². The Hall–Kier alpha value is -2.27. The van der Waals surface area contributed by atoms with Crippen molar-refractivity contribution in [2.75, 3.05) is 0 Å². The normalized spacial score (nSPS) is 22.2. The molecule has 0 aromatic heterocycles. The Bertz CT molecular complexity index is 538. The van der Waals surface area contributed by atoms with Crippen molar-refractivity contribution in [3.63, 3.8) is 0 Å². The van der Waals surface area contributed by atoms with Crippen LogP contribution < -0.4 is 0 Å². The Kier molecular flexibility index (Phi) is 3.69. The van der Waals surface area contributed by atoms with Gasteiger partial charge in [0.1, 0.15) is 0 Å². The van der Waals surface area contributed by atoms with Gasteiger partial charge in [-0.2, -0.15) is 5.26 Å². The van der Waals surface area contributed by atoms with Crippen molar-refractivity contribution in [3.05, 3.63) is 71.8 Å². The Morgan fingerprint density at radius 2 is 1.25 bits per heavy atom. The van der Waals surface area contributed by atoms with Gasteiger partial charge < -0.3 is 0 Å². The summed E-state index contributed by atoms with van der Waals surface area (Å²) in [5.41, 5.74) is 2.49. The molecule has 0 N–H and O–H groups in total. The van der Waals surface area contributed by atoms with Crippen molar-refractivity contribution in [3.8, 4) is 6.19 Å². The molecule has 1 saturated heterocycles. The first kappa shape index (κ1) is 12.7. The van der Waals surface area contributed by atoms with E-state index in [1.54, 1.807) is 0 Å². The molecule has 1 unspecified atom stereocenters. The summed E-state index contributed by atoms with van der Waals surface area (Å²) in [6, 6.07) is 21.2. The molecule has 1 heterocycles. The highest BCUT2D eigenvalue weighted by Crippen LogP contribution is 2.40. The van der Waals surface area contributed by atoms with Gasteiger partial charge in [-0.05, 0) is 30.4 Å². The van der Waals surface area contributed by atoms with Gasteiger partial charge in [0.05, 0.1) is 12.1 Å². The highest BCUT2D eigenvalue weighted by atomic mass is 15.2. The molecule has 100 valence electrons. The molecule has 0 amide bonds. The fraction of sp³-hybridized carbons (Fsp3) is 0.278.